The van der Waals surface area contributed by atoms with E-state index < -0.39 is 6.04 Å². The van der Waals surface area contributed by atoms with Gasteiger partial charge in [0.15, 0.2) is 0 Å². The van der Waals surface area contributed by atoms with E-state index in [1.165, 1.54) is 11.2 Å². The highest BCUT2D eigenvalue weighted by atomic mass is 16.5. The normalized spacial score (nSPS) is 23.9. The number of morpholine rings is 1. The highest BCUT2D eigenvalue weighted by molar-refractivity contribution is 5.94. The van der Waals surface area contributed by atoms with Crippen molar-refractivity contribution >= 4 is 23.7 Å². The molecule has 1 aromatic heterocycles. The molecule has 0 spiro atoms. The highest BCUT2D eigenvalue weighted by Gasteiger charge is 2.36. The van der Waals surface area contributed by atoms with Crippen molar-refractivity contribution in [2.24, 2.45) is 0 Å². The van der Waals surface area contributed by atoms with Gasteiger partial charge in [0.05, 0.1) is 43.6 Å². The van der Waals surface area contributed by atoms with Crippen LogP contribution >= 0.6 is 0 Å². The molecule has 3 N–H and O–H groups in total. The molecular weight excluding hydrogens is 528 g/mol. The average molecular weight is 571 g/mol. The molecule has 4 aliphatic rings. The summed E-state index contributed by atoms with van der Waals surface area (Å²) in [5, 5.41) is 7.82. The van der Waals surface area contributed by atoms with Crippen molar-refractivity contribution in [2.75, 3.05) is 64.8 Å². The van der Waals surface area contributed by atoms with E-state index in [0.29, 0.717) is 57.3 Å². The number of hydrogen-bond acceptors (Lipinski definition) is 9. The molecule has 2 atom stereocenters. The molecule has 3 fully saturated rings. The SMILES string of the molecule is CN1NC(N2CCC[C@@H](NC(=O)N3CC(OC(C)(C)C)C3)C2)=CC(Nc2ccc(C(=O)N3CCOCC3)cn2)C1=O. The van der Waals surface area contributed by atoms with Crippen molar-refractivity contribution in [1.82, 2.24) is 35.4 Å². The summed E-state index contributed by atoms with van der Waals surface area (Å²) in [4.78, 5) is 48.6. The van der Waals surface area contributed by atoms with E-state index in [1.54, 1.807) is 29.0 Å². The first-order valence-electron chi connectivity index (χ1n) is 14.4. The number of hydrogen-bond donors (Lipinski definition) is 3. The van der Waals surface area contributed by atoms with Crippen LogP contribution in [0.25, 0.3) is 0 Å². The predicted molar refractivity (Wildman–Crippen MR) is 152 cm³/mol. The molecule has 13 heteroatoms. The minimum absolute atomic E-state index is 0.00547. The fraction of sp³-hybridized carbons (Fsp3) is 0.643. The maximum absolute atomic E-state index is 12.9. The van der Waals surface area contributed by atoms with Gasteiger partial charge in [0.25, 0.3) is 11.8 Å². The highest BCUT2D eigenvalue weighted by Crippen LogP contribution is 2.22. The molecule has 1 unspecified atom stereocenters. The van der Waals surface area contributed by atoms with Crippen LogP contribution in [-0.2, 0) is 14.3 Å². The third-order valence-electron chi connectivity index (χ3n) is 7.56. The van der Waals surface area contributed by atoms with Gasteiger partial charge in [0, 0.05) is 45.5 Å². The second-order valence-corrected chi connectivity index (χ2v) is 12.0. The van der Waals surface area contributed by atoms with Crippen LogP contribution in [0.2, 0.25) is 0 Å². The third-order valence-corrected chi connectivity index (χ3v) is 7.56. The fourth-order valence-electron chi connectivity index (χ4n) is 5.45. The van der Waals surface area contributed by atoms with E-state index in [0.717, 1.165) is 25.2 Å². The van der Waals surface area contributed by atoms with Gasteiger partial charge >= 0.3 is 6.03 Å². The number of likely N-dealkylation sites (N-methyl/N-ethyl adjacent to an activating group) is 1. The van der Waals surface area contributed by atoms with Gasteiger partial charge in [-0.15, -0.1) is 0 Å². The van der Waals surface area contributed by atoms with Crippen LogP contribution in [0.3, 0.4) is 0 Å². The first-order valence-corrected chi connectivity index (χ1v) is 14.4. The number of rotatable bonds is 6. The van der Waals surface area contributed by atoms with Crippen molar-refractivity contribution in [3.05, 3.63) is 35.8 Å². The lowest BCUT2D eigenvalue weighted by Crippen LogP contribution is -2.62. The zero-order valence-electron chi connectivity index (χ0n) is 24.4. The molecule has 0 saturated carbocycles. The van der Waals surface area contributed by atoms with Crippen molar-refractivity contribution in [2.45, 2.75) is 57.4 Å². The van der Waals surface area contributed by atoms with Gasteiger partial charge in [-0.2, -0.15) is 0 Å². The van der Waals surface area contributed by atoms with Crippen molar-refractivity contribution in [1.29, 1.82) is 0 Å². The number of nitrogens with zero attached hydrogens (tertiary/aromatic N) is 5. The lowest BCUT2D eigenvalue weighted by atomic mass is 10.0. The van der Waals surface area contributed by atoms with E-state index in [9.17, 15) is 14.4 Å². The largest absolute Gasteiger partial charge is 0.378 e. The molecule has 4 amide bonds. The number of anilines is 1. The van der Waals surface area contributed by atoms with Crippen LogP contribution in [0, 0.1) is 0 Å². The first-order chi connectivity index (χ1) is 19.6. The Morgan fingerprint density at radius 3 is 2.54 bits per heavy atom. The van der Waals surface area contributed by atoms with Crippen molar-refractivity contribution < 1.29 is 23.9 Å². The van der Waals surface area contributed by atoms with Crippen LogP contribution in [0.15, 0.2) is 30.2 Å². The van der Waals surface area contributed by atoms with Gasteiger partial charge < -0.3 is 34.8 Å². The summed E-state index contributed by atoms with van der Waals surface area (Å²) in [7, 11) is 1.69. The molecule has 13 nitrogen and oxygen atoms in total. The van der Waals surface area contributed by atoms with Gasteiger partial charge in [0.2, 0.25) is 0 Å². The number of carbonyl (C=O) groups excluding carboxylic acids is 3. The van der Waals surface area contributed by atoms with E-state index >= 15 is 0 Å². The van der Waals surface area contributed by atoms with Crippen molar-refractivity contribution in [3.8, 4) is 0 Å². The van der Waals surface area contributed by atoms with E-state index in [2.05, 4.69) is 25.9 Å². The van der Waals surface area contributed by atoms with E-state index in [4.69, 9.17) is 9.47 Å². The summed E-state index contributed by atoms with van der Waals surface area (Å²) < 4.78 is 11.3. The summed E-state index contributed by atoms with van der Waals surface area (Å²) in [6.07, 6.45) is 5.27. The number of ether oxygens (including phenoxy) is 2. The lowest BCUT2D eigenvalue weighted by Gasteiger charge is -2.44. The zero-order chi connectivity index (χ0) is 29.1. The van der Waals surface area contributed by atoms with Crippen LogP contribution in [0.4, 0.5) is 10.6 Å². The summed E-state index contributed by atoms with van der Waals surface area (Å²) in [6.45, 7) is 10.9. The number of aromatic nitrogens is 1. The van der Waals surface area contributed by atoms with Crippen LogP contribution in [0.5, 0.6) is 0 Å². The molecule has 0 radical (unpaired) electrons. The number of piperidine rings is 1. The van der Waals surface area contributed by atoms with Gasteiger partial charge in [0.1, 0.15) is 17.7 Å². The molecule has 224 valence electrons. The second kappa shape index (κ2) is 12.1. The second-order valence-electron chi connectivity index (χ2n) is 12.0. The minimum Gasteiger partial charge on any atom is -0.378 e. The van der Waals surface area contributed by atoms with E-state index in [1.807, 2.05) is 26.8 Å². The molecule has 5 rings (SSSR count). The summed E-state index contributed by atoms with van der Waals surface area (Å²) in [6, 6.07) is 2.73. The number of nitrogens with one attached hydrogen (secondary N) is 3. The number of amides is 4. The summed E-state index contributed by atoms with van der Waals surface area (Å²) >= 11 is 0. The third kappa shape index (κ3) is 7.20. The maximum atomic E-state index is 12.9. The van der Waals surface area contributed by atoms with Gasteiger partial charge in [-0.3, -0.25) is 20.0 Å². The number of urea groups is 1. The van der Waals surface area contributed by atoms with E-state index in [-0.39, 0.29) is 35.6 Å². The Morgan fingerprint density at radius 2 is 1.85 bits per heavy atom. The average Bonchev–Trinajstić information content (AvgIpc) is 2.93. The number of likely N-dealkylation sites (tertiary alicyclic amines) is 2. The topological polar surface area (TPSA) is 132 Å². The quantitative estimate of drug-likeness (QED) is 0.455. The Hall–Kier alpha value is -3.58. The monoisotopic (exact) mass is 570 g/mol. The molecule has 0 bridgehead atoms. The van der Waals surface area contributed by atoms with Gasteiger partial charge in [-0.05, 0) is 51.8 Å². The Labute approximate surface area is 241 Å². The Balaban J connectivity index is 1.16. The first kappa shape index (κ1) is 28.9. The zero-order valence-corrected chi connectivity index (χ0v) is 24.4. The summed E-state index contributed by atoms with van der Waals surface area (Å²) in [5.41, 5.74) is 3.45. The predicted octanol–water partition coefficient (Wildman–Crippen LogP) is 0.826. The molecule has 1 aromatic rings. The Bertz CT molecular complexity index is 1140. The molecule has 4 aliphatic heterocycles. The molecule has 0 aromatic carbocycles. The van der Waals surface area contributed by atoms with Crippen molar-refractivity contribution in [3.63, 3.8) is 0 Å². The maximum Gasteiger partial charge on any atom is 0.317 e. The smallest absolute Gasteiger partial charge is 0.317 e. The number of hydrazine groups is 1. The molecular formula is C28H42N8O5. The van der Waals surface area contributed by atoms with Gasteiger partial charge in [-0.1, -0.05) is 0 Å². The molecule has 5 heterocycles. The van der Waals surface area contributed by atoms with Crippen LogP contribution in [-0.4, -0.2) is 126 Å². The van der Waals surface area contributed by atoms with Crippen LogP contribution < -0.4 is 16.1 Å². The lowest BCUT2D eigenvalue weighted by molar-refractivity contribution is -0.133. The fourth-order valence-corrected chi connectivity index (χ4v) is 5.45. The number of carbonyl (C=O) groups is 3. The molecule has 3 saturated heterocycles. The Morgan fingerprint density at radius 1 is 1.10 bits per heavy atom. The van der Waals surface area contributed by atoms with Crippen LogP contribution in [0.1, 0.15) is 44.0 Å². The molecule has 41 heavy (non-hydrogen) atoms. The number of pyridine rings is 1. The molecule has 0 aliphatic carbocycles. The Kier molecular flexibility index (Phi) is 8.55. The standard InChI is InChI=1S/C28H42N8O5/c1-28(2,3)41-21-17-36(18-21)27(39)30-20-6-5-9-35(16-20)24-14-22(26(38)33(4)32-24)31-23-8-7-19(15-29-23)25(37)34-10-12-40-13-11-34/h7-8,14-15,20-22,32H,5-6,9-13,16-18H2,1-4H3,(H,29,31)(H,30,39)/t20-,22?/m1/s1. The minimum atomic E-state index is -0.639. The van der Waals surface area contributed by atoms with Gasteiger partial charge in [-0.25, -0.2) is 9.78 Å². The summed E-state index contributed by atoms with van der Waals surface area (Å²) in [5.74, 6) is 1.06.